The van der Waals surface area contributed by atoms with E-state index in [9.17, 15) is 22.0 Å². The fourth-order valence-electron chi connectivity index (χ4n) is 3.07. The van der Waals surface area contributed by atoms with E-state index in [1.807, 2.05) is 0 Å². The molecular weight excluding hydrogens is 347 g/mol. The molecule has 3 rings (SSSR count). The number of benzene rings is 3. The van der Waals surface area contributed by atoms with Gasteiger partial charge in [0.15, 0.2) is 17.5 Å². The van der Waals surface area contributed by atoms with E-state index in [0.717, 1.165) is 37.3 Å². The Kier molecular flexibility index (Phi) is 5.25. The lowest BCUT2D eigenvalue weighted by Gasteiger charge is -2.10. The van der Waals surface area contributed by atoms with E-state index in [4.69, 9.17) is 0 Å². The lowest BCUT2D eigenvalue weighted by atomic mass is 9.97. The van der Waals surface area contributed by atoms with Crippen molar-refractivity contribution in [3.8, 4) is 11.1 Å². The fraction of sp³-hybridized carbons (Fsp3) is 0.238. The van der Waals surface area contributed by atoms with Crippen LogP contribution >= 0.6 is 0 Å². The summed E-state index contributed by atoms with van der Waals surface area (Å²) in [5.74, 6) is -6.35. The number of aryl methyl sites for hydroxylation is 1. The van der Waals surface area contributed by atoms with Gasteiger partial charge in [-0.05, 0) is 53.6 Å². The van der Waals surface area contributed by atoms with Crippen LogP contribution in [0.4, 0.5) is 22.0 Å². The Hall–Kier alpha value is -2.43. The molecule has 0 atom stereocenters. The molecule has 0 saturated heterocycles. The third-order valence-electron chi connectivity index (χ3n) is 4.44. The molecule has 0 nitrogen and oxygen atoms in total. The summed E-state index contributed by atoms with van der Waals surface area (Å²) in [7, 11) is 0. The highest BCUT2D eigenvalue weighted by atomic mass is 19.2. The first kappa shape index (κ1) is 18.4. The van der Waals surface area contributed by atoms with E-state index >= 15 is 0 Å². The van der Waals surface area contributed by atoms with Crippen molar-refractivity contribution in [1.82, 2.24) is 0 Å². The Morgan fingerprint density at radius 2 is 1.50 bits per heavy atom. The van der Waals surface area contributed by atoms with E-state index < -0.39 is 34.5 Å². The second-order valence-corrected chi connectivity index (χ2v) is 6.31. The van der Waals surface area contributed by atoms with Crippen molar-refractivity contribution < 1.29 is 22.0 Å². The molecule has 0 saturated carbocycles. The fourth-order valence-corrected chi connectivity index (χ4v) is 3.07. The first-order valence-electron chi connectivity index (χ1n) is 8.48. The largest absolute Gasteiger partial charge is 0.206 e. The molecule has 0 aliphatic carbocycles. The van der Waals surface area contributed by atoms with Crippen LogP contribution in [0.15, 0.2) is 36.4 Å². The molecule has 0 fully saturated rings. The maximum atomic E-state index is 14.5. The van der Waals surface area contributed by atoms with E-state index in [0.29, 0.717) is 6.07 Å². The van der Waals surface area contributed by atoms with Gasteiger partial charge in [-0.3, -0.25) is 0 Å². The number of hydrogen-bond donors (Lipinski definition) is 0. The molecule has 0 unspecified atom stereocenters. The Balaban J connectivity index is 2.04. The second kappa shape index (κ2) is 7.44. The topological polar surface area (TPSA) is 0 Å². The standard InChI is InChI=1S/C21H17F5/c1-2-3-4-5-12-6-7-15(16(22)8-12)13-9-14-11-18(24)20(25)21(26)19(14)17(23)10-13/h6-11H,2-5H2,1H3. The zero-order chi connectivity index (χ0) is 18.8. The van der Waals surface area contributed by atoms with Crippen molar-refractivity contribution in [3.05, 3.63) is 71.0 Å². The van der Waals surface area contributed by atoms with Crippen molar-refractivity contribution in [2.45, 2.75) is 32.6 Å². The maximum Gasteiger partial charge on any atom is 0.195 e. The molecule has 26 heavy (non-hydrogen) atoms. The molecule has 3 aromatic carbocycles. The highest BCUT2D eigenvalue weighted by Crippen LogP contribution is 2.32. The van der Waals surface area contributed by atoms with Crippen LogP contribution in [0.2, 0.25) is 0 Å². The molecule has 0 heterocycles. The Bertz CT molecular complexity index is 963. The second-order valence-electron chi connectivity index (χ2n) is 6.31. The van der Waals surface area contributed by atoms with Crippen LogP contribution in [0.25, 0.3) is 21.9 Å². The number of unbranched alkanes of at least 4 members (excludes halogenated alkanes) is 2. The van der Waals surface area contributed by atoms with E-state index in [-0.39, 0.29) is 16.5 Å². The molecule has 0 aliphatic rings. The van der Waals surface area contributed by atoms with Crippen LogP contribution in [0.1, 0.15) is 31.7 Å². The molecule has 0 aromatic heterocycles. The van der Waals surface area contributed by atoms with Gasteiger partial charge < -0.3 is 0 Å². The van der Waals surface area contributed by atoms with Crippen LogP contribution < -0.4 is 0 Å². The van der Waals surface area contributed by atoms with E-state index in [1.54, 1.807) is 6.07 Å². The highest BCUT2D eigenvalue weighted by Gasteiger charge is 2.18. The smallest absolute Gasteiger partial charge is 0.195 e. The predicted octanol–water partition coefficient (Wildman–Crippen LogP) is 6.94. The number of rotatable bonds is 5. The minimum atomic E-state index is -1.73. The van der Waals surface area contributed by atoms with Gasteiger partial charge in [0.25, 0.3) is 0 Å². The summed E-state index contributed by atoms with van der Waals surface area (Å²) in [6.07, 6.45) is 3.80. The van der Waals surface area contributed by atoms with Gasteiger partial charge in [-0.15, -0.1) is 0 Å². The van der Waals surface area contributed by atoms with Gasteiger partial charge in [-0.25, -0.2) is 22.0 Å². The number of fused-ring (bicyclic) bond motifs is 1. The quantitative estimate of drug-likeness (QED) is 0.261. The Morgan fingerprint density at radius 3 is 2.19 bits per heavy atom. The molecule has 0 aliphatic heterocycles. The van der Waals surface area contributed by atoms with E-state index in [1.165, 1.54) is 18.2 Å². The van der Waals surface area contributed by atoms with Crippen LogP contribution in [-0.4, -0.2) is 0 Å². The Labute approximate surface area is 148 Å². The lowest BCUT2D eigenvalue weighted by molar-refractivity contribution is 0.451. The van der Waals surface area contributed by atoms with Crippen molar-refractivity contribution in [1.29, 1.82) is 0 Å². The first-order chi connectivity index (χ1) is 12.4. The van der Waals surface area contributed by atoms with Crippen molar-refractivity contribution in [2.24, 2.45) is 0 Å². The van der Waals surface area contributed by atoms with Crippen molar-refractivity contribution >= 4 is 10.8 Å². The van der Waals surface area contributed by atoms with Gasteiger partial charge in [0.05, 0.1) is 5.39 Å². The van der Waals surface area contributed by atoms with Crippen LogP contribution in [0.5, 0.6) is 0 Å². The molecule has 0 N–H and O–H groups in total. The van der Waals surface area contributed by atoms with Crippen molar-refractivity contribution in [2.75, 3.05) is 0 Å². The summed E-state index contributed by atoms with van der Waals surface area (Å²) >= 11 is 0. The summed E-state index contributed by atoms with van der Waals surface area (Å²) in [6, 6.07) is 7.54. The van der Waals surface area contributed by atoms with Gasteiger partial charge in [-0.1, -0.05) is 31.9 Å². The molecule has 0 amide bonds. The van der Waals surface area contributed by atoms with Gasteiger partial charge >= 0.3 is 0 Å². The zero-order valence-electron chi connectivity index (χ0n) is 14.2. The molecule has 136 valence electrons. The SMILES string of the molecule is CCCCCc1ccc(-c2cc(F)c3c(F)c(F)c(F)cc3c2)c(F)c1. The molecule has 5 heteroatoms. The minimum absolute atomic E-state index is 0.121. The van der Waals surface area contributed by atoms with Crippen LogP contribution in [0, 0.1) is 29.1 Å². The molecular formula is C21H17F5. The van der Waals surface area contributed by atoms with Gasteiger partial charge in [-0.2, -0.15) is 0 Å². The average molecular weight is 364 g/mol. The minimum Gasteiger partial charge on any atom is -0.206 e. The number of halogens is 5. The lowest BCUT2D eigenvalue weighted by Crippen LogP contribution is -1.96. The molecule has 3 aromatic rings. The third kappa shape index (κ3) is 3.43. The monoisotopic (exact) mass is 364 g/mol. The third-order valence-corrected chi connectivity index (χ3v) is 4.44. The van der Waals surface area contributed by atoms with Gasteiger partial charge in [0.2, 0.25) is 0 Å². The average Bonchev–Trinajstić information content (AvgIpc) is 2.59. The summed E-state index contributed by atoms with van der Waals surface area (Å²) in [4.78, 5) is 0. The predicted molar refractivity (Wildman–Crippen MR) is 92.4 cm³/mol. The highest BCUT2D eigenvalue weighted by molar-refractivity contribution is 5.88. The zero-order valence-corrected chi connectivity index (χ0v) is 14.2. The summed E-state index contributed by atoms with van der Waals surface area (Å²) in [6.45, 7) is 2.08. The van der Waals surface area contributed by atoms with Crippen LogP contribution in [-0.2, 0) is 6.42 Å². The first-order valence-corrected chi connectivity index (χ1v) is 8.48. The van der Waals surface area contributed by atoms with Gasteiger partial charge in [0, 0.05) is 5.56 Å². The summed E-state index contributed by atoms with van der Waals surface area (Å²) < 4.78 is 69.3. The van der Waals surface area contributed by atoms with Crippen molar-refractivity contribution in [3.63, 3.8) is 0 Å². The molecule has 0 radical (unpaired) electrons. The normalized spacial score (nSPS) is 11.3. The molecule has 0 spiro atoms. The summed E-state index contributed by atoms with van der Waals surface area (Å²) in [5.41, 5.74) is 1.09. The molecule has 0 bridgehead atoms. The maximum absolute atomic E-state index is 14.5. The van der Waals surface area contributed by atoms with Gasteiger partial charge in [0.1, 0.15) is 11.6 Å². The number of hydrogen-bond acceptors (Lipinski definition) is 0. The van der Waals surface area contributed by atoms with E-state index in [2.05, 4.69) is 6.92 Å². The Morgan fingerprint density at radius 1 is 0.731 bits per heavy atom. The summed E-state index contributed by atoms with van der Waals surface area (Å²) in [5, 5.41) is -0.813. The van der Waals surface area contributed by atoms with Crippen LogP contribution in [0.3, 0.4) is 0 Å².